The topological polar surface area (TPSA) is 55.2 Å². The molecule has 0 aliphatic carbocycles. The molecule has 5 heteroatoms. The van der Waals surface area contributed by atoms with Crippen molar-refractivity contribution in [3.8, 4) is 0 Å². The van der Waals surface area contributed by atoms with Gasteiger partial charge in [-0.05, 0) is 25.2 Å². The minimum atomic E-state index is 0.116. The lowest BCUT2D eigenvalue weighted by atomic mass is 9.97. The molecule has 2 aromatic rings. The van der Waals surface area contributed by atoms with E-state index >= 15 is 0 Å². The first kappa shape index (κ1) is 17.4. The second-order valence-electron chi connectivity index (χ2n) is 6.75. The summed E-state index contributed by atoms with van der Waals surface area (Å²) in [6, 6.07) is 9.29. The van der Waals surface area contributed by atoms with Gasteiger partial charge in [0.25, 0.3) is 0 Å². The first-order valence-corrected chi connectivity index (χ1v) is 9.04. The van der Waals surface area contributed by atoms with Crippen LogP contribution in [0.25, 0.3) is 0 Å². The van der Waals surface area contributed by atoms with Crippen molar-refractivity contribution in [2.45, 2.75) is 38.6 Å². The van der Waals surface area contributed by atoms with Gasteiger partial charge < -0.3 is 9.47 Å². The maximum atomic E-state index is 12.5. The zero-order valence-electron chi connectivity index (χ0n) is 14.5. The third kappa shape index (κ3) is 5.02. The number of likely N-dealkylation sites (tertiary alicyclic amines) is 1. The Balaban J connectivity index is 1.42. The lowest BCUT2D eigenvalue weighted by Crippen LogP contribution is -2.41. The highest BCUT2D eigenvalue weighted by molar-refractivity contribution is 5.96. The van der Waals surface area contributed by atoms with Gasteiger partial charge in [-0.3, -0.25) is 9.59 Å². The average molecular weight is 339 g/mol. The number of carbonyl (C=O) groups excluding carboxylic acids is 2. The van der Waals surface area contributed by atoms with Crippen LogP contribution in [0.3, 0.4) is 0 Å². The van der Waals surface area contributed by atoms with Gasteiger partial charge >= 0.3 is 0 Å². The van der Waals surface area contributed by atoms with Gasteiger partial charge in [0, 0.05) is 50.4 Å². The number of aromatic nitrogens is 2. The van der Waals surface area contributed by atoms with E-state index < -0.39 is 0 Å². The number of hydrogen-bond acceptors (Lipinski definition) is 3. The molecule has 1 saturated heterocycles. The Morgan fingerprint density at radius 2 is 2.00 bits per heavy atom. The van der Waals surface area contributed by atoms with Crippen molar-refractivity contribution in [1.29, 1.82) is 0 Å². The predicted molar refractivity (Wildman–Crippen MR) is 96.2 cm³/mol. The molecular formula is C20H25N3O2. The molecule has 1 aromatic heterocycles. The van der Waals surface area contributed by atoms with Gasteiger partial charge in [-0.15, -0.1) is 0 Å². The Morgan fingerprint density at radius 1 is 1.16 bits per heavy atom. The van der Waals surface area contributed by atoms with E-state index in [1.807, 2.05) is 47.8 Å². The molecule has 0 spiro atoms. The van der Waals surface area contributed by atoms with Crippen molar-refractivity contribution in [2.75, 3.05) is 13.1 Å². The molecule has 0 unspecified atom stereocenters. The van der Waals surface area contributed by atoms with E-state index in [9.17, 15) is 9.59 Å². The summed E-state index contributed by atoms with van der Waals surface area (Å²) in [5, 5.41) is 0. The maximum Gasteiger partial charge on any atom is 0.222 e. The molecule has 0 N–H and O–H groups in total. The van der Waals surface area contributed by atoms with Gasteiger partial charge in [0.2, 0.25) is 5.91 Å². The number of amides is 1. The largest absolute Gasteiger partial charge is 0.342 e. The first-order valence-electron chi connectivity index (χ1n) is 9.04. The van der Waals surface area contributed by atoms with Crippen LogP contribution in [-0.2, 0) is 11.3 Å². The maximum absolute atomic E-state index is 12.5. The minimum absolute atomic E-state index is 0.116. The zero-order valence-corrected chi connectivity index (χ0v) is 14.5. The van der Waals surface area contributed by atoms with Gasteiger partial charge in [0.05, 0.1) is 6.33 Å². The van der Waals surface area contributed by atoms with Crippen LogP contribution in [0.5, 0.6) is 0 Å². The molecule has 0 radical (unpaired) electrons. The number of carbonyl (C=O) groups is 2. The fourth-order valence-electron chi connectivity index (χ4n) is 3.46. The lowest BCUT2D eigenvalue weighted by Gasteiger charge is -2.33. The molecule has 132 valence electrons. The fourth-order valence-corrected chi connectivity index (χ4v) is 3.46. The molecular weight excluding hydrogens is 314 g/mol. The van der Waals surface area contributed by atoms with Crippen LogP contribution in [0.2, 0.25) is 0 Å². The van der Waals surface area contributed by atoms with E-state index in [0.717, 1.165) is 38.0 Å². The van der Waals surface area contributed by atoms with Crippen molar-refractivity contribution < 1.29 is 9.59 Å². The summed E-state index contributed by atoms with van der Waals surface area (Å²) in [4.78, 5) is 30.6. The third-order valence-corrected chi connectivity index (χ3v) is 4.79. The summed E-state index contributed by atoms with van der Waals surface area (Å²) >= 11 is 0. The van der Waals surface area contributed by atoms with E-state index in [1.165, 1.54) is 0 Å². The first-order chi connectivity index (χ1) is 12.2. The molecule has 1 aromatic carbocycles. The summed E-state index contributed by atoms with van der Waals surface area (Å²) in [6.07, 6.45) is 9.29. The van der Waals surface area contributed by atoms with E-state index in [-0.39, 0.29) is 11.7 Å². The molecule has 1 amide bonds. The lowest BCUT2D eigenvalue weighted by molar-refractivity contribution is -0.133. The second kappa shape index (κ2) is 8.60. The minimum Gasteiger partial charge on any atom is -0.342 e. The highest BCUT2D eigenvalue weighted by atomic mass is 16.2. The Kier molecular flexibility index (Phi) is 5.99. The van der Waals surface area contributed by atoms with Crippen molar-refractivity contribution >= 4 is 11.7 Å². The summed E-state index contributed by atoms with van der Waals surface area (Å²) < 4.78 is 2.08. The Morgan fingerprint density at radius 3 is 2.76 bits per heavy atom. The predicted octanol–water partition coefficient (Wildman–Crippen LogP) is 3.17. The zero-order chi connectivity index (χ0) is 17.5. The monoisotopic (exact) mass is 339 g/mol. The summed E-state index contributed by atoms with van der Waals surface area (Å²) in [5.74, 6) is 0.777. The van der Waals surface area contributed by atoms with Gasteiger partial charge in [-0.2, -0.15) is 0 Å². The number of nitrogens with zero attached hydrogens (tertiary/aromatic N) is 3. The van der Waals surface area contributed by atoms with Crippen molar-refractivity contribution in [2.24, 2.45) is 5.92 Å². The van der Waals surface area contributed by atoms with Crippen LogP contribution in [0.4, 0.5) is 0 Å². The normalized spacial score (nSPS) is 17.4. The number of benzene rings is 1. The number of piperidine rings is 1. The van der Waals surface area contributed by atoms with Crippen LogP contribution < -0.4 is 0 Å². The molecule has 1 fully saturated rings. The van der Waals surface area contributed by atoms with E-state index in [2.05, 4.69) is 9.55 Å². The molecule has 0 saturated carbocycles. The number of hydrogen-bond donors (Lipinski definition) is 0. The number of imidazole rings is 1. The molecule has 25 heavy (non-hydrogen) atoms. The molecule has 1 atom stereocenters. The van der Waals surface area contributed by atoms with Crippen LogP contribution >= 0.6 is 0 Å². The number of ketones is 1. The van der Waals surface area contributed by atoms with Gasteiger partial charge in [-0.1, -0.05) is 30.3 Å². The quantitative estimate of drug-likeness (QED) is 0.728. The second-order valence-corrected chi connectivity index (χ2v) is 6.75. The van der Waals surface area contributed by atoms with E-state index in [0.29, 0.717) is 25.2 Å². The fraction of sp³-hybridized carbons (Fsp3) is 0.450. The van der Waals surface area contributed by atoms with Crippen molar-refractivity contribution in [3.63, 3.8) is 0 Å². The van der Waals surface area contributed by atoms with Crippen LogP contribution in [0.1, 0.15) is 42.5 Å². The summed E-state index contributed by atoms with van der Waals surface area (Å²) in [5.41, 5.74) is 0.730. The molecule has 1 aliphatic rings. The van der Waals surface area contributed by atoms with Gasteiger partial charge in [0.15, 0.2) is 5.78 Å². The van der Waals surface area contributed by atoms with Gasteiger partial charge in [-0.25, -0.2) is 4.98 Å². The van der Waals surface area contributed by atoms with Gasteiger partial charge in [0.1, 0.15) is 0 Å². The SMILES string of the molecule is O=C(CCCC(=O)N1CCC[C@@H](Cn2ccnc2)C1)c1ccccc1. The highest BCUT2D eigenvalue weighted by Gasteiger charge is 2.23. The highest BCUT2D eigenvalue weighted by Crippen LogP contribution is 2.19. The van der Waals surface area contributed by atoms with Crippen molar-refractivity contribution in [3.05, 3.63) is 54.6 Å². The third-order valence-electron chi connectivity index (χ3n) is 4.79. The standard InChI is InChI=1S/C20H25N3O2/c24-19(18-7-2-1-3-8-18)9-4-10-20(25)23-12-5-6-17(15-23)14-22-13-11-21-16-22/h1-3,7-8,11,13,16-17H,4-6,9-10,12,14-15H2/t17-/m0/s1. The molecule has 3 rings (SSSR count). The number of rotatable bonds is 7. The van der Waals surface area contributed by atoms with E-state index in [4.69, 9.17) is 0 Å². The Bertz CT molecular complexity index is 682. The summed E-state index contributed by atoms with van der Waals surface area (Å²) in [7, 11) is 0. The number of Topliss-reactive ketones (excluding diaryl/α,β-unsaturated/α-hetero) is 1. The smallest absolute Gasteiger partial charge is 0.222 e. The average Bonchev–Trinajstić information content (AvgIpc) is 3.15. The van der Waals surface area contributed by atoms with Crippen molar-refractivity contribution in [1.82, 2.24) is 14.5 Å². The summed E-state index contributed by atoms with van der Waals surface area (Å²) in [6.45, 7) is 2.56. The van der Waals surface area contributed by atoms with Crippen LogP contribution in [0, 0.1) is 5.92 Å². The Labute approximate surface area is 148 Å². The van der Waals surface area contributed by atoms with E-state index in [1.54, 1.807) is 6.20 Å². The Hall–Kier alpha value is -2.43. The molecule has 2 heterocycles. The molecule has 1 aliphatic heterocycles. The molecule has 5 nitrogen and oxygen atoms in total. The van der Waals surface area contributed by atoms with Crippen LogP contribution in [-0.4, -0.2) is 39.2 Å². The molecule has 0 bridgehead atoms. The van der Waals surface area contributed by atoms with Crippen LogP contribution in [0.15, 0.2) is 49.1 Å².